The number of hydrogen-bond donors (Lipinski definition) is 1. The number of rotatable bonds is 4. The first-order valence-corrected chi connectivity index (χ1v) is 11.3. The van der Waals surface area contributed by atoms with Gasteiger partial charge in [0.1, 0.15) is 10.6 Å². The van der Waals surface area contributed by atoms with Crippen LogP contribution in [0.4, 0.5) is 0 Å². The number of aryl methyl sites for hydroxylation is 1. The molecule has 0 bridgehead atoms. The molecule has 8 nitrogen and oxygen atoms in total. The van der Waals surface area contributed by atoms with Gasteiger partial charge in [0, 0.05) is 44.1 Å². The maximum absolute atomic E-state index is 12.9. The quantitative estimate of drug-likeness (QED) is 0.670. The molecule has 0 atom stereocenters. The zero-order valence-corrected chi connectivity index (χ0v) is 17.8. The van der Waals surface area contributed by atoms with Gasteiger partial charge in [0.2, 0.25) is 10.0 Å². The molecule has 1 aliphatic heterocycles. The van der Waals surface area contributed by atoms with Crippen molar-refractivity contribution in [3.05, 3.63) is 72.1 Å². The van der Waals surface area contributed by atoms with Crippen molar-refractivity contribution in [1.82, 2.24) is 19.2 Å². The van der Waals surface area contributed by atoms with E-state index in [0.29, 0.717) is 11.4 Å². The number of aromatic hydroxyl groups is 1. The van der Waals surface area contributed by atoms with Crippen molar-refractivity contribution in [2.24, 2.45) is 0 Å². The predicted molar refractivity (Wildman–Crippen MR) is 115 cm³/mol. The number of aromatic nitrogens is 2. The molecule has 0 radical (unpaired) electrons. The fourth-order valence-electron chi connectivity index (χ4n) is 3.46. The minimum Gasteiger partial charge on any atom is -0.507 e. The minimum atomic E-state index is -3.84. The van der Waals surface area contributed by atoms with Gasteiger partial charge in [0.05, 0.1) is 5.56 Å². The fraction of sp³-hybridized carbons (Fsp3) is 0.227. The van der Waals surface area contributed by atoms with Crippen molar-refractivity contribution in [3.8, 4) is 17.1 Å². The summed E-state index contributed by atoms with van der Waals surface area (Å²) in [7, 11) is -3.84. The summed E-state index contributed by atoms with van der Waals surface area (Å²) in [5.74, 6) is 0.0147. The van der Waals surface area contributed by atoms with Crippen LogP contribution in [0.5, 0.6) is 5.75 Å². The first-order chi connectivity index (χ1) is 14.9. The van der Waals surface area contributed by atoms with E-state index in [0.717, 1.165) is 11.1 Å². The van der Waals surface area contributed by atoms with Gasteiger partial charge in [-0.3, -0.25) is 4.79 Å². The van der Waals surface area contributed by atoms with Gasteiger partial charge < -0.3 is 10.0 Å². The summed E-state index contributed by atoms with van der Waals surface area (Å²) in [4.78, 5) is 22.9. The third-order valence-electron chi connectivity index (χ3n) is 5.19. The minimum absolute atomic E-state index is 0.114. The van der Waals surface area contributed by atoms with Gasteiger partial charge in [-0.1, -0.05) is 36.4 Å². The summed E-state index contributed by atoms with van der Waals surface area (Å²) >= 11 is 0. The monoisotopic (exact) mass is 438 g/mol. The highest BCUT2D eigenvalue weighted by atomic mass is 32.2. The molecule has 1 aliphatic rings. The molecule has 160 valence electrons. The molecule has 2 heterocycles. The topological polar surface area (TPSA) is 104 Å². The number of phenolic OH excluding ortho intramolecular Hbond substituents is 1. The first kappa shape index (κ1) is 21.0. The molecule has 31 heavy (non-hydrogen) atoms. The zero-order chi connectivity index (χ0) is 22.0. The number of benzene rings is 2. The van der Waals surface area contributed by atoms with E-state index in [1.165, 1.54) is 28.8 Å². The van der Waals surface area contributed by atoms with E-state index < -0.39 is 10.0 Å². The van der Waals surface area contributed by atoms with Crippen molar-refractivity contribution in [1.29, 1.82) is 0 Å². The smallest absolute Gasteiger partial charge is 0.257 e. The molecule has 0 saturated carbocycles. The number of piperazine rings is 1. The molecule has 0 unspecified atom stereocenters. The Labute approximate surface area is 180 Å². The lowest BCUT2D eigenvalue weighted by atomic mass is 10.2. The van der Waals surface area contributed by atoms with Crippen LogP contribution in [0.1, 0.15) is 15.9 Å². The summed E-state index contributed by atoms with van der Waals surface area (Å²) in [6.45, 7) is 2.53. The number of sulfonamides is 1. The Morgan fingerprint density at radius 1 is 0.968 bits per heavy atom. The van der Waals surface area contributed by atoms with Crippen LogP contribution in [0.3, 0.4) is 0 Å². The van der Waals surface area contributed by atoms with E-state index >= 15 is 0 Å². The molecule has 9 heteroatoms. The molecule has 1 N–H and O–H groups in total. The van der Waals surface area contributed by atoms with E-state index in [2.05, 4.69) is 9.97 Å². The van der Waals surface area contributed by atoms with Gasteiger partial charge >= 0.3 is 0 Å². The molecule has 2 aromatic carbocycles. The van der Waals surface area contributed by atoms with Gasteiger partial charge in [0.25, 0.3) is 5.91 Å². The molecule has 1 aromatic heterocycles. The van der Waals surface area contributed by atoms with Crippen LogP contribution < -0.4 is 0 Å². The number of hydrogen-bond acceptors (Lipinski definition) is 6. The van der Waals surface area contributed by atoms with Gasteiger partial charge in [-0.2, -0.15) is 4.31 Å². The Bertz CT molecular complexity index is 1190. The third kappa shape index (κ3) is 4.28. The number of amides is 1. The maximum Gasteiger partial charge on any atom is 0.257 e. The highest BCUT2D eigenvalue weighted by Crippen LogP contribution is 2.27. The number of carbonyl (C=O) groups is 1. The second kappa shape index (κ2) is 8.44. The van der Waals surface area contributed by atoms with Gasteiger partial charge in [-0.25, -0.2) is 18.4 Å². The second-order valence-corrected chi connectivity index (χ2v) is 9.24. The molecule has 1 amide bonds. The molecular formula is C22H22N4O4S. The van der Waals surface area contributed by atoms with Gasteiger partial charge in [-0.15, -0.1) is 0 Å². The SMILES string of the molecule is Cc1ccc(O)c(S(=O)(=O)N2CCN(C(=O)c3cnc(-c4ccccc4)nc3)CC2)c1. The van der Waals surface area contributed by atoms with Crippen molar-refractivity contribution < 1.29 is 18.3 Å². The summed E-state index contributed by atoms with van der Waals surface area (Å²) in [6.07, 6.45) is 2.98. The van der Waals surface area contributed by atoms with Crippen LogP contribution in [0.25, 0.3) is 11.4 Å². The first-order valence-electron chi connectivity index (χ1n) is 9.83. The maximum atomic E-state index is 12.9. The summed E-state index contributed by atoms with van der Waals surface area (Å²) in [5, 5.41) is 10.0. The van der Waals surface area contributed by atoms with Crippen LogP contribution in [-0.4, -0.2) is 64.8 Å². The van der Waals surface area contributed by atoms with E-state index in [4.69, 9.17) is 0 Å². The van der Waals surface area contributed by atoms with Crippen LogP contribution in [-0.2, 0) is 10.0 Å². The Morgan fingerprint density at radius 3 is 2.26 bits per heavy atom. The second-order valence-electron chi connectivity index (χ2n) is 7.33. The summed E-state index contributed by atoms with van der Waals surface area (Å²) < 4.78 is 27.1. The van der Waals surface area contributed by atoms with Crippen LogP contribution in [0, 0.1) is 6.92 Å². The van der Waals surface area contributed by atoms with Crippen LogP contribution in [0.2, 0.25) is 0 Å². The Balaban J connectivity index is 1.44. The van der Waals surface area contributed by atoms with E-state index in [1.807, 2.05) is 30.3 Å². The lowest BCUT2D eigenvalue weighted by Gasteiger charge is -2.34. The number of nitrogens with zero attached hydrogens (tertiary/aromatic N) is 4. The largest absolute Gasteiger partial charge is 0.507 e. The van der Waals surface area contributed by atoms with Crippen LogP contribution >= 0.6 is 0 Å². The van der Waals surface area contributed by atoms with Crippen LogP contribution in [0.15, 0.2) is 65.8 Å². The van der Waals surface area contributed by atoms with E-state index in [-0.39, 0.29) is 42.7 Å². The summed E-state index contributed by atoms with van der Waals surface area (Å²) in [5.41, 5.74) is 1.95. The highest BCUT2D eigenvalue weighted by Gasteiger charge is 2.32. The van der Waals surface area contributed by atoms with Crippen molar-refractivity contribution in [2.75, 3.05) is 26.2 Å². The summed E-state index contributed by atoms with van der Waals surface area (Å²) in [6, 6.07) is 13.9. The van der Waals surface area contributed by atoms with Gasteiger partial charge in [-0.05, 0) is 24.6 Å². The van der Waals surface area contributed by atoms with Gasteiger partial charge in [0.15, 0.2) is 5.82 Å². The zero-order valence-electron chi connectivity index (χ0n) is 17.0. The Hall–Kier alpha value is -3.30. The number of phenols is 1. The standard InChI is InChI=1S/C22H22N4O4S/c1-16-7-8-19(27)20(13-16)31(29,30)26-11-9-25(10-12-26)22(28)18-14-23-21(24-15-18)17-5-3-2-4-6-17/h2-8,13-15,27H,9-12H2,1H3. The molecule has 0 aliphatic carbocycles. The number of carbonyl (C=O) groups excluding carboxylic acids is 1. The molecule has 3 aromatic rings. The van der Waals surface area contributed by atoms with Crippen molar-refractivity contribution >= 4 is 15.9 Å². The molecule has 0 spiro atoms. The van der Waals surface area contributed by atoms with Crippen molar-refractivity contribution in [3.63, 3.8) is 0 Å². The Morgan fingerprint density at radius 2 is 1.61 bits per heavy atom. The normalized spacial score (nSPS) is 15.1. The highest BCUT2D eigenvalue weighted by molar-refractivity contribution is 7.89. The third-order valence-corrected chi connectivity index (χ3v) is 7.12. The predicted octanol–water partition coefficient (Wildman–Crippen LogP) is 2.30. The average Bonchev–Trinajstić information content (AvgIpc) is 2.81. The lowest BCUT2D eigenvalue weighted by molar-refractivity contribution is 0.0697. The fourth-order valence-corrected chi connectivity index (χ4v) is 5.05. The van der Waals surface area contributed by atoms with E-state index in [1.54, 1.807) is 17.9 Å². The lowest BCUT2D eigenvalue weighted by Crippen LogP contribution is -2.50. The Kier molecular flexibility index (Phi) is 5.71. The molecular weight excluding hydrogens is 416 g/mol. The molecule has 4 rings (SSSR count). The average molecular weight is 439 g/mol. The van der Waals surface area contributed by atoms with E-state index in [9.17, 15) is 18.3 Å². The molecule has 1 fully saturated rings. The molecule has 1 saturated heterocycles. The van der Waals surface area contributed by atoms with Crippen molar-refractivity contribution in [2.45, 2.75) is 11.8 Å².